The molecular weight excluding hydrogens is 294 g/mol. The van der Waals surface area contributed by atoms with Crippen molar-refractivity contribution in [2.75, 3.05) is 31.2 Å². The minimum atomic E-state index is -3.51. The summed E-state index contributed by atoms with van der Waals surface area (Å²) in [5.74, 6) is 7.04. The van der Waals surface area contributed by atoms with Crippen molar-refractivity contribution in [1.29, 1.82) is 0 Å². The Morgan fingerprint density at radius 1 is 1.25 bits per heavy atom. The summed E-state index contributed by atoms with van der Waals surface area (Å²) in [6.45, 7) is 0.806. The van der Waals surface area contributed by atoms with Gasteiger partial charge in [0.15, 0.2) is 0 Å². The maximum absolute atomic E-state index is 12.7. The second-order valence-corrected chi connectivity index (χ2v) is 7.46. The third-order valence-electron chi connectivity index (χ3n) is 2.99. The second kappa shape index (κ2) is 7.14. The van der Waals surface area contributed by atoms with E-state index >= 15 is 0 Å². The molecule has 2 rings (SSSR count). The maximum atomic E-state index is 12.7. The van der Waals surface area contributed by atoms with E-state index in [9.17, 15) is 8.42 Å². The van der Waals surface area contributed by atoms with Gasteiger partial charge in [-0.25, -0.2) is 8.42 Å². The Morgan fingerprint density at radius 3 is 2.85 bits per heavy atom. The van der Waals surface area contributed by atoms with Gasteiger partial charge in [0.1, 0.15) is 6.61 Å². The molecule has 1 heterocycles. The van der Waals surface area contributed by atoms with Crippen LogP contribution in [0.25, 0.3) is 0 Å². The number of nitrogens with zero attached hydrogens (tertiary/aromatic N) is 1. The number of hydrogen-bond acceptors (Lipinski definition) is 4. The molecule has 108 valence electrons. The molecule has 1 aromatic rings. The van der Waals surface area contributed by atoms with E-state index in [1.807, 2.05) is 0 Å². The minimum Gasteiger partial charge on any atom is -0.384 e. The third-order valence-corrected chi connectivity index (χ3v) is 5.99. The molecule has 1 saturated heterocycles. The van der Waals surface area contributed by atoms with Gasteiger partial charge in [-0.05, 0) is 24.3 Å². The molecule has 0 radical (unpaired) electrons. The van der Waals surface area contributed by atoms with Crippen molar-refractivity contribution < 1.29 is 13.5 Å². The predicted octanol–water partition coefficient (Wildman–Crippen LogP) is 1.16. The molecule has 1 fully saturated rings. The van der Waals surface area contributed by atoms with Crippen LogP contribution in [0.3, 0.4) is 0 Å². The fourth-order valence-electron chi connectivity index (χ4n) is 2.03. The Morgan fingerprint density at radius 2 is 2.05 bits per heavy atom. The number of hydrogen-bond donors (Lipinski definition) is 1. The number of aliphatic hydroxyl groups excluding tert-OH is 1. The van der Waals surface area contributed by atoms with Gasteiger partial charge in [0.05, 0.1) is 4.90 Å². The van der Waals surface area contributed by atoms with Crippen LogP contribution in [0.2, 0.25) is 0 Å². The maximum Gasteiger partial charge on any atom is 0.244 e. The third kappa shape index (κ3) is 3.55. The van der Waals surface area contributed by atoms with Crippen molar-refractivity contribution in [1.82, 2.24) is 4.31 Å². The van der Waals surface area contributed by atoms with Crippen LogP contribution in [0.15, 0.2) is 29.2 Å². The molecule has 0 unspecified atom stereocenters. The lowest BCUT2D eigenvalue weighted by Gasteiger charge is -2.20. The molecule has 1 N–H and O–H groups in total. The number of benzene rings is 1. The number of rotatable bonds is 2. The normalized spacial score (nSPS) is 17.1. The first-order valence-electron chi connectivity index (χ1n) is 6.43. The van der Waals surface area contributed by atoms with E-state index in [-0.39, 0.29) is 11.5 Å². The first kappa shape index (κ1) is 15.4. The highest BCUT2D eigenvalue weighted by atomic mass is 32.2. The highest BCUT2D eigenvalue weighted by Crippen LogP contribution is 2.22. The molecule has 0 aliphatic carbocycles. The van der Waals surface area contributed by atoms with Crippen LogP contribution in [0.4, 0.5) is 0 Å². The lowest BCUT2D eigenvalue weighted by molar-refractivity contribution is 0.350. The summed E-state index contributed by atoms with van der Waals surface area (Å²) in [6.07, 6.45) is 0.869. The van der Waals surface area contributed by atoms with E-state index in [2.05, 4.69) is 11.8 Å². The van der Waals surface area contributed by atoms with Gasteiger partial charge in [-0.2, -0.15) is 16.1 Å². The highest BCUT2D eigenvalue weighted by Gasteiger charge is 2.26. The van der Waals surface area contributed by atoms with Crippen molar-refractivity contribution >= 4 is 21.8 Å². The van der Waals surface area contributed by atoms with E-state index in [4.69, 9.17) is 5.11 Å². The Bertz CT molecular complexity index is 609. The summed E-state index contributed by atoms with van der Waals surface area (Å²) >= 11 is 1.78. The Labute approximate surface area is 124 Å². The van der Waals surface area contributed by atoms with Gasteiger partial charge < -0.3 is 5.11 Å². The zero-order valence-electron chi connectivity index (χ0n) is 11.1. The van der Waals surface area contributed by atoms with Gasteiger partial charge in [-0.3, -0.25) is 0 Å². The molecule has 0 saturated carbocycles. The van der Waals surface area contributed by atoms with Gasteiger partial charge in [-0.15, -0.1) is 0 Å². The van der Waals surface area contributed by atoms with Crippen LogP contribution in [-0.4, -0.2) is 49.0 Å². The molecule has 0 spiro atoms. The molecule has 20 heavy (non-hydrogen) atoms. The lowest BCUT2D eigenvalue weighted by atomic mass is 10.2. The molecule has 1 aromatic carbocycles. The quantitative estimate of drug-likeness (QED) is 0.833. The van der Waals surface area contributed by atoms with Crippen molar-refractivity contribution in [3.63, 3.8) is 0 Å². The number of aliphatic hydroxyl groups is 1. The number of sulfonamides is 1. The van der Waals surface area contributed by atoms with Gasteiger partial charge >= 0.3 is 0 Å². The summed E-state index contributed by atoms with van der Waals surface area (Å²) in [5, 5.41) is 8.77. The van der Waals surface area contributed by atoms with E-state index in [0.717, 1.165) is 17.9 Å². The Balaban J connectivity index is 2.38. The molecule has 1 aliphatic heterocycles. The largest absolute Gasteiger partial charge is 0.384 e. The lowest BCUT2D eigenvalue weighted by Crippen LogP contribution is -2.33. The van der Waals surface area contributed by atoms with Gasteiger partial charge in [0.2, 0.25) is 10.0 Å². The average Bonchev–Trinajstić information content (AvgIpc) is 2.75. The van der Waals surface area contributed by atoms with Crippen LogP contribution >= 0.6 is 11.8 Å². The fraction of sp³-hybridized carbons (Fsp3) is 0.429. The van der Waals surface area contributed by atoms with Crippen LogP contribution in [-0.2, 0) is 10.0 Å². The SMILES string of the molecule is O=S(=O)(c1ccccc1C#CCO)N1CCCSCC1. The van der Waals surface area contributed by atoms with E-state index in [1.54, 1.807) is 36.0 Å². The van der Waals surface area contributed by atoms with Crippen molar-refractivity contribution in [3.8, 4) is 11.8 Å². The van der Waals surface area contributed by atoms with Gasteiger partial charge in [0, 0.05) is 24.4 Å². The van der Waals surface area contributed by atoms with E-state index in [0.29, 0.717) is 18.7 Å². The topological polar surface area (TPSA) is 57.6 Å². The molecule has 0 aromatic heterocycles. The zero-order valence-corrected chi connectivity index (χ0v) is 12.7. The monoisotopic (exact) mass is 311 g/mol. The average molecular weight is 311 g/mol. The van der Waals surface area contributed by atoms with Crippen LogP contribution in [0.5, 0.6) is 0 Å². The standard InChI is InChI=1S/C14H17NO3S2/c16-10-3-6-13-5-1-2-7-14(13)20(17,18)15-8-4-11-19-12-9-15/h1-2,5,7,16H,4,8-12H2. The highest BCUT2D eigenvalue weighted by molar-refractivity contribution is 7.99. The van der Waals surface area contributed by atoms with E-state index in [1.165, 1.54) is 4.31 Å². The second-order valence-electron chi connectivity index (χ2n) is 4.33. The molecule has 4 nitrogen and oxygen atoms in total. The van der Waals surface area contributed by atoms with Gasteiger partial charge in [0.25, 0.3) is 0 Å². The first-order chi connectivity index (χ1) is 9.66. The fourth-order valence-corrected chi connectivity index (χ4v) is 4.66. The Hall–Kier alpha value is -1.00. The van der Waals surface area contributed by atoms with Crippen LogP contribution < -0.4 is 0 Å². The molecule has 6 heteroatoms. The minimum absolute atomic E-state index is 0.229. The first-order valence-corrected chi connectivity index (χ1v) is 9.02. The molecular formula is C14H17NO3S2. The van der Waals surface area contributed by atoms with Crippen LogP contribution in [0.1, 0.15) is 12.0 Å². The van der Waals surface area contributed by atoms with Crippen molar-refractivity contribution in [2.24, 2.45) is 0 Å². The Kier molecular flexibility index (Phi) is 5.49. The summed E-state index contributed by atoms with van der Waals surface area (Å²) in [7, 11) is -3.51. The van der Waals surface area contributed by atoms with Gasteiger partial charge in [-0.1, -0.05) is 24.0 Å². The molecule has 0 bridgehead atoms. The smallest absolute Gasteiger partial charge is 0.244 e. The predicted molar refractivity (Wildman–Crippen MR) is 81.1 cm³/mol. The molecule has 1 aliphatic rings. The molecule has 0 amide bonds. The summed E-state index contributed by atoms with van der Waals surface area (Å²) in [4.78, 5) is 0.229. The van der Waals surface area contributed by atoms with Crippen molar-refractivity contribution in [3.05, 3.63) is 29.8 Å². The summed E-state index contributed by atoms with van der Waals surface area (Å²) < 4.78 is 27.0. The molecule has 0 atom stereocenters. The summed E-state index contributed by atoms with van der Waals surface area (Å²) in [6, 6.07) is 6.69. The van der Waals surface area contributed by atoms with Crippen molar-refractivity contribution in [2.45, 2.75) is 11.3 Å². The van der Waals surface area contributed by atoms with E-state index < -0.39 is 10.0 Å². The summed E-state index contributed by atoms with van der Waals surface area (Å²) in [5.41, 5.74) is 0.443. The number of thioether (sulfide) groups is 1. The zero-order chi connectivity index (χ0) is 14.4. The van der Waals surface area contributed by atoms with Crippen LogP contribution in [0, 0.1) is 11.8 Å².